The first-order chi connectivity index (χ1) is 10.6. The predicted octanol–water partition coefficient (Wildman–Crippen LogP) is 3.62. The van der Waals surface area contributed by atoms with Crippen molar-refractivity contribution in [2.24, 2.45) is 0 Å². The van der Waals surface area contributed by atoms with Crippen LogP contribution in [0.3, 0.4) is 0 Å². The van der Waals surface area contributed by atoms with Crippen LogP contribution in [0.15, 0.2) is 23.7 Å². The molecule has 2 N–H and O–H groups in total. The van der Waals surface area contributed by atoms with Crippen LogP contribution in [0, 0.1) is 0 Å². The van der Waals surface area contributed by atoms with Gasteiger partial charge in [-0.15, -0.1) is 11.3 Å². The highest BCUT2D eigenvalue weighted by molar-refractivity contribution is 7.09. The molecule has 2 aromatic heterocycles. The van der Waals surface area contributed by atoms with Gasteiger partial charge < -0.3 is 5.73 Å². The number of nitrogen functional groups attached to an aromatic ring is 1. The van der Waals surface area contributed by atoms with Gasteiger partial charge in [-0.3, -0.25) is 4.90 Å². The standard InChI is InChI=1S/C17H24N4S/c1-12(2)15-11-22-17(20-15)14-4-3-7-21(10-14)9-13-5-6-19-16(18)8-13/h5-6,8,11-12,14H,3-4,7,9-10H2,1-2H3,(H2,18,19)/t14-/m1/s1. The van der Waals surface area contributed by atoms with Gasteiger partial charge in [0.05, 0.1) is 10.7 Å². The third-order valence-electron chi connectivity index (χ3n) is 4.24. The van der Waals surface area contributed by atoms with Gasteiger partial charge in [-0.25, -0.2) is 9.97 Å². The summed E-state index contributed by atoms with van der Waals surface area (Å²) in [6.07, 6.45) is 4.28. The molecule has 5 heteroatoms. The number of anilines is 1. The molecule has 0 amide bonds. The molecule has 1 atom stereocenters. The van der Waals surface area contributed by atoms with E-state index in [1.165, 1.54) is 29.1 Å². The fraction of sp³-hybridized carbons (Fsp3) is 0.529. The number of nitrogens with two attached hydrogens (primary N) is 1. The molecule has 1 aliphatic heterocycles. The van der Waals surface area contributed by atoms with Crippen molar-refractivity contribution in [3.63, 3.8) is 0 Å². The maximum atomic E-state index is 5.78. The first-order valence-electron chi connectivity index (χ1n) is 8.00. The normalized spacial score (nSPS) is 19.7. The Labute approximate surface area is 136 Å². The van der Waals surface area contributed by atoms with Crippen LogP contribution in [0.25, 0.3) is 0 Å². The topological polar surface area (TPSA) is 55.0 Å². The highest BCUT2D eigenvalue weighted by Crippen LogP contribution is 2.31. The van der Waals surface area contributed by atoms with Gasteiger partial charge in [-0.2, -0.15) is 0 Å². The molecular formula is C17H24N4S. The van der Waals surface area contributed by atoms with E-state index in [2.05, 4.69) is 35.2 Å². The van der Waals surface area contributed by atoms with Gasteiger partial charge in [0.15, 0.2) is 0 Å². The minimum absolute atomic E-state index is 0.518. The zero-order valence-corrected chi connectivity index (χ0v) is 14.1. The molecule has 3 heterocycles. The Kier molecular flexibility index (Phi) is 4.74. The van der Waals surface area contributed by atoms with Crippen molar-refractivity contribution in [1.82, 2.24) is 14.9 Å². The zero-order valence-electron chi connectivity index (χ0n) is 13.3. The molecule has 1 aliphatic rings. The molecular weight excluding hydrogens is 292 g/mol. The van der Waals surface area contributed by atoms with Crippen LogP contribution >= 0.6 is 11.3 Å². The van der Waals surface area contributed by atoms with Crippen molar-refractivity contribution in [2.75, 3.05) is 18.8 Å². The predicted molar refractivity (Wildman–Crippen MR) is 92.1 cm³/mol. The van der Waals surface area contributed by atoms with Crippen molar-refractivity contribution in [2.45, 2.75) is 45.1 Å². The van der Waals surface area contributed by atoms with Gasteiger partial charge in [0.2, 0.25) is 0 Å². The summed E-state index contributed by atoms with van der Waals surface area (Å²) in [5.41, 5.74) is 8.26. The third kappa shape index (κ3) is 3.65. The van der Waals surface area contributed by atoms with Crippen LogP contribution in [0.2, 0.25) is 0 Å². The van der Waals surface area contributed by atoms with Crippen molar-refractivity contribution in [1.29, 1.82) is 0 Å². The molecule has 1 fully saturated rings. The smallest absolute Gasteiger partial charge is 0.123 e. The number of thiazole rings is 1. The molecule has 0 aliphatic carbocycles. The van der Waals surface area contributed by atoms with Crippen LogP contribution in [-0.4, -0.2) is 28.0 Å². The monoisotopic (exact) mass is 316 g/mol. The highest BCUT2D eigenvalue weighted by Gasteiger charge is 2.24. The lowest BCUT2D eigenvalue weighted by molar-refractivity contribution is 0.200. The van der Waals surface area contributed by atoms with Crippen LogP contribution in [0.4, 0.5) is 5.82 Å². The van der Waals surface area contributed by atoms with E-state index >= 15 is 0 Å². The summed E-state index contributed by atoms with van der Waals surface area (Å²) in [5.74, 6) is 1.70. The molecule has 1 saturated heterocycles. The lowest BCUT2D eigenvalue weighted by Crippen LogP contribution is -2.33. The average Bonchev–Trinajstić information content (AvgIpc) is 2.97. The number of rotatable bonds is 4. The molecule has 22 heavy (non-hydrogen) atoms. The Morgan fingerprint density at radius 3 is 3.05 bits per heavy atom. The molecule has 0 spiro atoms. The van der Waals surface area contributed by atoms with Gasteiger partial charge >= 0.3 is 0 Å². The number of pyridine rings is 1. The molecule has 118 valence electrons. The van der Waals surface area contributed by atoms with Gasteiger partial charge in [0.1, 0.15) is 5.82 Å². The van der Waals surface area contributed by atoms with E-state index in [0.717, 1.165) is 19.6 Å². The Balaban J connectivity index is 1.66. The number of hydrogen-bond donors (Lipinski definition) is 1. The van der Waals surface area contributed by atoms with E-state index < -0.39 is 0 Å². The van der Waals surface area contributed by atoms with E-state index in [-0.39, 0.29) is 0 Å². The molecule has 0 unspecified atom stereocenters. The minimum Gasteiger partial charge on any atom is -0.384 e. The first kappa shape index (κ1) is 15.4. The van der Waals surface area contributed by atoms with Crippen molar-refractivity contribution in [3.8, 4) is 0 Å². The number of nitrogens with zero attached hydrogens (tertiary/aromatic N) is 3. The van der Waals surface area contributed by atoms with Crippen LogP contribution in [-0.2, 0) is 6.54 Å². The summed E-state index contributed by atoms with van der Waals surface area (Å²) in [6, 6.07) is 4.03. The maximum Gasteiger partial charge on any atom is 0.123 e. The second kappa shape index (κ2) is 6.75. The summed E-state index contributed by atoms with van der Waals surface area (Å²) in [4.78, 5) is 11.4. The summed E-state index contributed by atoms with van der Waals surface area (Å²) in [5, 5.41) is 3.53. The van der Waals surface area contributed by atoms with Gasteiger partial charge in [0, 0.05) is 30.6 Å². The zero-order chi connectivity index (χ0) is 15.5. The van der Waals surface area contributed by atoms with Crippen molar-refractivity contribution in [3.05, 3.63) is 40.0 Å². The third-order valence-corrected chi connectivity index (χ3v) is 5.26. The molecule has 3 rings (SSSR count). The van der Waals surface area contributed by atoms with Crippen LogP contribution in [0.5, 0.6) is 0 Å². The second-order valence-corrected chi connectivity index (χ2v) is 7.32. The number of piperidine rings is 1. The Hall–Kier alpha value is -1.46. The lowest BCUT2D eigenvalue weighted by Gasteiger charge is -2.31. The molecule has 0 bridgehead atoms. The fourth-order valence-electron chi connectivity index (χ4n) is 3.01. The van der Waals surface area contributed by atoms with Gasteiger partial charge in [-0.1, -0.05) is 13.8 Å². The van der Waals surface area contributed by atoms with Gasteiger partial charge in [-0.05, 0) is 43.0 Å². The number of aromatic nitrogens is 2. The number of hydrogen-bond acceptors (Lipinski definition) is 5. The summed E-state index contributed by atoms with van der Waals surface area (Å²) < 4.78 is 0. The fourth-order valence-corrected chi connectivity index (χ4v) is 4.11. The van der Waals surface area contributed by atoms with Gasteiger partial charge in [0.25, 0.3) is 0 Å². The summed E-state index contributed by atoms with van der Waals surface area (Å²) in [7, 11) is 0. The second-order valence-electron chi connectivity index (χ2n) is 6.43. The minimum atomic E-state index is 0.518. The SMILES string of the molecule is CC(C)c1csc([C@@H]2CCCN(Cc3ccnc(N)c3)C2)n1. The molecule has 0 aromatic carbocycles. The van der Waals surface area contributed by atoms with Crippen LogP contribution in [0.1, 0.15) is 54.8 Å². The maximum absolute atomic E-state index is 5.78. The molecule has 2 aromatic rings. The Morgan fingerprint density at radius 2 is 2.32 bits per heavy atom. The van der Waals surface area contributed by atoms with Crippen LogP contribution < -0.4 is 5.73 Å². The lowest BCUT2D eigenvalue weighted by atomic mass is 9.98. The molecule has 0 radical (unpaired) electrons. The average molecular weight is 316 g/mol. The summed E-state index contributed by atoms with van der Waals surface area (Å²) >= 11 is 1.83. The molecule has 0 saturated carbocycles. The Morgan fingerprint density at radius 1 is 1.45 bits per heavy atom. The summed E-state index contributed by atoms with van der Waals surface area (Å²) in [6.45, 7) is 7.61. The largest absolute Gasteiger partial charge is 0.384 e. The van der Waals surface area contributed by atoms with Crippen molar-refractivity contribution >= 4 is 17.2 Å². The first-order valence-corrected chi connectivity index (χ1v) is 8.88. The quantitative estimate of drug-likeness (QED) is 0.936. The van der Waals surface area contributed by atoms with Crippen molar-refractivity contribution < 1.29 is 0 Å². The number of likely N-dealkylation sites (tertiary alicyclic amines) is 1. The van der Waals surface area contributed by atoms with E-state index in [4.69, 9.17) is 10.7 Å². The Bertz CT molecular complexity index is 623. The van der Waals surface area contributed by atoms with E-state index in [9.17, 15) is 0 Å². The van der Waals surface area contributed by atoms with E-state index in [1.54, 1.807) is 6.20 Å². The highest BCUT2D eigenvalue weighted by atomic mass is 32.1. The van der Waals surface area contributed by atoms with E-state index in [1.807, 2.05) is 17.4 Å². The molecule has 4 nitrogen and oxygen atoms in total. The van der Waals surface area contributed by atoms with E-state index in [0.29, 0.717) is 17.7 Å².